The van der Waals surface area contributed by atoms with Gasteiger partial charge in [-0.05, 0) is 48.0 Å². The summed E-state index contributed by atoms with van der Waals surface area (Å²) in [6.45, 7) is 1.72. The van der Waals surface area contributed by atoms with Gasteiger partial charge in [-0.25, -0.2) is 0 Å². The summed E-state index contributed by atoms with van der Waals surface area (Å²) >= 11 is 0. The lowest BCUT2D eigenvalue weighted by Crippen LogP contribution is -2.29. The highest BCUT2D eigenvalue weighted by Crippen LogP contribution is 2.16. The van der Waals surface area contributed by atoms with Crippen molar-refractivity contribution in [2.45, 2.75) is 13.5 Å². The highest BCUT2D eigenvalue weighted by atomic mass is 16.5. The molecule has 0 spiro atoms. The second-order valence-electron chi connectivity index (χ2n) is 6.42. The third-order valence-electron chi connectivity index (χ3n) is 4.19. The highest BCUT2D eigenvalue weighted by Gasteiger charge is 2.13. The van der Waals surface area contributed by atoms with E-state index in [0.717, 1.165) is 5.56 Å². The maximum Gasteiger partial charge on any atom is 0.263 e. The van der Waals surface area contributed by atoms with Crippen molar-refractivity contribution in [2.24, 2.45) is 0 Å². The normalized spacial score (nSPS) is 10.3. The summed E-state index contributed by atoms with van der Waals surface area (Å²) < 4.78 is 6.68. The van der Waals surface area contributed by atoms with Gasteiger partial charge in [0.25, 0.3) is 11.5 Å². The molecule has 0 radical (unpaired) electrons. The number of methoxy groups -OCH3 is 1. The molecule has 2 N–H and O–H groups in total. The first-order valence-electron chi connectivity index (χ1n) is 8.97. The maximum absolute atomic E-state index is 12.8. The van der Waals surface area contributed by atoms with Crippen molar-refractivity contribution in [1.29, 1.82) is 0 Å². The van der Waals surface area contributed by atoms with Crippen LogP contribution in [-0.2, 0) is 11.3 Å². The van der Waals surface area contributed by atoms with Gasteiger partial charge in [-0.1, -0.05) is 18.2 Å². The van der Waals surface area contributed by atoms with E-state index < -0.39 is 11.5 Å². The van der Waals surface area contributed by atoms with E-state index in [9.17, 15) is 14.4 Å². The van der Waals surface area contributed by atoms with Crippen LogP contribution in [0.1, 0.15) is 22.8 Å². The van der Waals surface area contributed by atoms with Crippen LogP contribution in [0.25, 0.3) is 0 Å². The number of anilines is 2. The molecule has 7 heteroatoms. The topological polar surface area (TPSA) is 89.4 Å². The van der Waals surface area contributed by atoms with Gasteiger partial charge in [0.2, 0.25) is 5.91 Å². The lowest BCUT2D eigenvalue weighted by atomic mass is 10.2. The van der Waals surface area contributed by atoms with Crippen LogP contribution >= 0.6 is 0 Å². The molecule has 29 heavy (non-hydrogen) atoms. The van der Waals surface area contributed by atoms with Crippen LogP contribution in [0.4, 0.5) is 11.4 Å². The van der Waals surface area contributed by atoms with E-state index in [2.05, 4.69) is 10.6 Å². The van der Waals surface area contributed by atoms with Crippen LogP contribution in [-0.4, -0.2) is 23.5 Å². The van der Waals surface area contributed by atoms with E-state index in [4.69, 9.17) is 4.74 Å². The van der Waals surface area contributed by atoms with Crippen LogP contribution in [0, 0.1) is 0 Å². The minimum absolute atomic E-state index is 0.0281. The number of nitrogens with zero attached hydrogens (tertiary/aromatic N) is 1. The summed E-state index contributed by atoms with van der Waals surface area (Å²) in [7, 11) is 1.58. The fourth-order valence-corrected chi connectivity index (χ4v) is 2.88. The van der Waals surface area contributed by atoms with Gasteiger partial charge in [0, 0.05) is 24.5 Å². The Morgan fingerprint density at radius 2 is 1.69 bits per heavy atom. The lowest BCUT2D eigenvalue weighted by Gasteiger charge is -2.10. The molecule has 0 bridgehead atoms. The van der Waals surface area contributed by atoms with Crippen LogP contribution in [0.15, 0.2) is 71.7 Å². The predicted molar refractivity (Wildman–Crippen MR) is 111 cm³/mol. The van der Waals surface area contributed by atoms with E-state index in [1.165, 1.54) is 17.6 Å². The Labute approximate surface area is 167 Å². The quantitative estimate of drug-likeness (QED) is 0.676. The molecule has 0 saturated heterocycles. The highest BCUT2D eigenvalue weighted by molar-refractivity contribution is 6.04. The molecule has 1 aromatic heterocycles. The SMILES string of the molecule is COc1cccc(Cn2cccc(C(=O)Nc3cccc(NC(C)=O)c3)c2=O)c1. The summed E-state index contributed by atoms with van der Waals surface area (Å²) in [5.41, 5.74) is 1.54. The Bertz CT molecular complexity index is 1100. The van der Waals surface area contributed by atoms with Crippen LogP contribution in [0.5, 0.6) is 5.75 Å². The third kappa shape index (κ3) is 5.10. The molecule has 3 aromatic rings. The number of ether oxygens (including phenoxy) is 1. The standard InChI is InChI=1S/C22H21N3O4/c1-15(26)23-17-7-4-8-18(13-17)24-21(27)20-10-5-11-25(22(20)28)14-16-6-3-9-19(12-16)29-2/h3-13H,14H2,1-2H3,(H,23,26)(H,24,27). The summed E-state index contributed by atoms with van der Waals surface area (Å²) in [6.07, 6.45) is 1.63. The molecule has 0 fully saturated rings. The van der Waals surface area contributed by atoms with Crippen LogP contribution < -0.4 is 20.9 Å². The average molecular weight is 391 g/mol. The van der Waals surface area contributed by atoms with E-state index >= 15 is 0 Å². The number of pyridine rings is 1. The fourth-order valence-electron chi connectivity index (χ4n) is 2.88. The largest absolute Gasteiger partial charge is 0.497 e. The van der Waals surface area contributed by atoms with Gasteiger partial charge < -0.3 is 19.9 Å². The van der Waals surface area contributed by atoms with E-state index in [0.29, 0.717) is 23.7 Å². The van der Waals surface area contributed by atoms with Crippen molar-refractivity contribution in [2.75, 3.05) is 17.7 Å². The summed E-state index contributed by atoms with van der Waals surface area (Å²) in [5.74, 6) is -0.0320. The molecule has 0 aliphatic carbocycles. The molecule has 1 heterocycles. The molecule has 0 aliphatic heterocycles. The summed E-state index contributed by atoms with van der Waals surface area (Å²) in [4.78, 5) is 36.6. The molecule has 0 atom stereocenters. The second kappa shape index (κ2) is 8.88. The van der Waals surface area contributed by atoms with E-state index in [1.807, 2.05) is 24.3 Å². The first-order chi connectivity index (χ1) is 14.0. The number of nitrogens with one attached hydrogen (secondary N) is 2. The zero-order valence-corrected chi connectivity index (χ0v) is 16.1. The average Bonchev–Trinajstić information content (AvgIpc) is 2.69. The maximum atomic E-state index is 12.8. The van der Waals surface area contributed by atoms with Crippen LogP contribution in [0.2, 0.25) is 0 Å². The molecule has 3 rings (SSSR count). The fraction of sp³-hybridized carbons (Fsp3) is 0.136. The summed E-state index contributed by atoms with van der Waals surface area (Å²) in [5, 5.41) is 5.35. The molecule has 148 valence electrons. The van der Waals surface area contributed by atoms with Gasteiger partial charge >= 0.3 is 0 Å². The Balaban J connectivity index is 1.80. The van der Waals surface area contributed by atoms with Gasteiger partial charge in [0.1, 0.15) is 11.3 Å². The van der Waals surface area contributed by atoms with Crippen LogP contribution in [0.3, 0.4) is 0 Å². The van der Waals surface area contributed by atoms with Gasteiger partial charge in [0.05, 0.1) is 13.7 Å². The zero-order chi connectivity index (χ0) is 20.8. The molecule has 0 aliphatic rings. The van der Waals surface area contributed by atoms with Crippen molar-refractivity contribution in [3.05, 3.63) is 88.3 Å². The Kier molecular flexibility index (Phi) is 6.09. The van der Waals surface area contributed by atoms with Gasteiger partial charge in [0.15, 0.2) is 0 Å². The minimum atomic E-state index is -0.519. The number of hydrogen-bond acceptors (Lipinski definition) is 4. The van der Waals surface area contributed by atoms with Crippen molar-refractivity contribution in [1.82, 2.24) is 4.57 Å². The molecule has 2 amide bonds. The first-order valence-corrected chi connectivity index (χ1v) is 8.97. The number of hydrogen-bond donors (Lipinski definition) is 2. The number of rotatable bonds is 6. The number of aromatic nitrogens is 1. The Morgan fingerprint density at radius 3 is 2.41 bits per heavy atom. The zero-order valence-electron chi connectivity index (χ0n) is 16.1. The monoisotopic (exact) mass is 391 g/mol. The Hall–Kier alpha value is -3.87. The molecular weight excluding hydrogens is 370 g/mol. The van der Waals surface area contributed by atoms with Gasteiger partial charge in [-0.3, -0.25) is 14.4 Å². The molecular formula is C22H21N3O4. The smallest absolute Gasteiger partial charge is 0.263 e. The second-order valence-corrected chi connectivity index (χ2v) is 6.42. The van der Waals surface area contributed by atoms with Gasteiger partial charge in [-0.15, -0.1) is 0 Å². The summed E-state index contributed by atoms with van der Waals surface area (Å²) in [6, 6.07) is 17.2. The van der Waals surface area contributed by atoms with Crippen molar-refractivity contribution in [3.63, 3.8) is 0 Å². The number of carbonyl (C=O) groups excluding carboxylic acids is 2. The van der Waals surface area contributed by atoms with Crippen molar-refractivity contribution < 1.29 is 14.3 Å². The third-order valence-corrected chi connectivity index (χ3v) is 4.19. The molecule has 7 nitrogen and oxygen atoms in total. The Morgan fingerprint density at radius 1 is 0.966 bits per heavy atom. The van der Waals surface area contributed by atoms with Gasteiger partial charge in [-0.2, -0.15) is 0 Å². The molecule has 0 saturated carbocycles. The number of carbonyl (C=O) groups is 2. The minimum Gasteiger partial charge on any atom is -0.497 e. The molecule has 2 aromatic carbocycles. The molecule has 0 unspecified atom stereocenters. The number of benzene rings is 2. The van der Waals surface area contributed by atoms with Crippen molar-refractivity contribution in [3.8, 4) is 5.75 Å². The lowest BCUT2D eigenvalue weighted by molar-refractivity contribution is -0.114. The predicted octanol–water partition coefficient (Wildman–Crippen LogP) is 3.12. The van der Waals surface area contributed by atoms with Crippen molar-refractivity contribution >= 4 is 23.2 Å². The first kappa shape index (κ1) is 19.9. The van der Waals surface area contributed by atoms with E-state index in [-0.39, 0.29) is 11.5 Å². The van der Waals surface area contributed by atoms with E-state index in [1.54, 1.807) is 43.6 Å². The number of amides is 2.